The van der Waals surface area contributed by atoms with E-state index in [0.717, 1.165) is 32.1 Å². The molecule has 0 aliphatic rings. The number of carbonyl (C=O) groups excluding carboxylic acids is 1. The molecule has 0 spiro atoms. The van der Waals surface area contributed by atoms with Crippen molar-refractivity contribution in [3.05, 3.63) is 0 Å². The Labute approximate surface area is 99.6 Å². The zero-order chi connectivity index (χ0) is 12.6. The van der Waals surface area contributed by atoms with Crippen molar-refractivity contribution in [2.45, 2.75) is 65.3 Å². The molecule has 2 N–H and O–H groups in total. The normalized spacial score (nSPS) is 14.9. The Kier molecular flexibility index (Phi) is 7.39. The smallest absolute Gasteiger partial charge is 0.223 e. The molecule has 3 heteroatoms. The lowest BCUT2D eigenvalue weighted by molar-refractivity contribution is -0.127. The van der Waals surface area contributed by atoms with Gasteiger partial charge in [0.1, 0.15) is 0 Å². The zero-order valence-electron chi connectivity index (χ0n) is 11.2. The molecule has 0 aromatic rings. The van der Waals surface area contributed by atoms with Crippen molar-refractivity contribution in [1.82, 2.24) is 5.32 Å². The van der Waals surface area contributed by atoms with E-state index in [-0.39, 0.29) is 18.4 Å². The highest BCUT2D eigenvalue weighted by molar-refractivity contribution is 5.79. The number of aliphatic hydroxyl groups is 1. The van der Waals surface area contributed by atoms with Crippen molar-refractivity contribution in [3.8, 4) is 0 Å². The van der Waals surface area contributed by atoms with Crippen molar-refractivity contribution in [2.75, 3.05) is 6.61 Å². The standard InChI is InChI=1S/C13H27NO2/c1-5-8-11(9-6-2)12(16)14-13(4,7-3)10-15/h11,15H,5-10H2,1-4H3,(H,14,16). The summed E-state index contributed by atoms with van der Waals surface area (Å²) in [5.41, 5.74) is -0.461. The quantitative estimate of drug-likeness (QED) is 0.672. The number of aliphatic hydroxyl groups excluding tert-OH is 1. The lowest BCUT2D eigenvalue weighted by Gasteiger charge is -2.29. The zero-order valence-corrected chi connectivity index (χ0v) is 11.2. The van der Waals surface area contributed by atoms with Crippen LogP contribution in [0.1, 0.15) is 59.8 Å². The van der Waals surface area contributed by atoms with Gasteiger partial charge < -0.3 is 10.4 Å². The van der Waals surface area contributed by atoms with Crippen LogP contribution in [0.4, 0.5) is 0 Å². The first-order valence-electron chi connectivity index (χ1n) is 6.45. The molecule has 0 radical (unpaired) electrons. The predicted octanol–water partition coefficient (Wildman–Crippen LogP) is 2.48. The van der Waals surface area contributed by atoms with E-state index in [1.54, 1.807) is 0 Å². The van der Waals surface area contributed by atoms with Crippen LogP contribution < -0.4 is 5.32 Å². The van der Waals surface area contributed by atoms with Gasteiger partial charge in [-0.15, -0.1) is 0 Å². The SMILES string of the molecule is CCCC(CCC)C(=O)NC(C)(CC)CO. The van der Waals surface area contributed by atoms with Gasteiger partial charge in [0.25, 0.3) is 0 Å². The minimum Gasteiger partial charge on any atom is -0.394 e. The molecule has 0 fully saturated rings. The number of rotatable bonds is 8. The van der Waals surface area contributed by atoms with Crippen LogP contribution in [-0.2, 0) is 4.79 Å². The van der Waals surface area contributed by atoms with Gasteiger partial charge in [-0.05, 0) is 26.2 Å². The van der Waals surface area contributed by atoms with Gasteiger partial charge in [-0.3, -0.25) is 4.79 Å². The molecule has 0 aliphatic heterocycles. The van der Waals surface area contributed by atoms with Crippen molar-refractivity contribution >= 4 is 5.91 Å². The van der Waals surface area contributed by atoms with Crippen LogP contribution in [0.25, 0.3) is 0 Å². The first-order valence-corrected chi connectivity index (χ1v) is 6.45. The molecular formula is C13H27NO2. The molecule has 0 rings (SSSR count). The van der Waals surface area contributed by atoms with Crippen LogP contribution >= 0.6 is 0 Å². The van der Waals surface area contributed by atoms with E-state index in [1.807, 2.05) is 13.8 Å². The largest absolute Gasteiger partial charge is 0.394 e. The van der Waals surface area contributed by atoms with E-state index < -0.39 is 5.54 Å². The Bertz CT molecular complexity index is 194. The summed E-state index contributed by atoms with van der Waals surface area (Å²) in [6, 6.07) is 0. The third-order valence-corrected chi connectivity index (χ3v) is 3.20. The summed E-state index contributed by atoms with van der Waals surface area (Å²) in [6.45, 7) is 8.06. The highest BCUT2D eigenvalue weighted by Gasteiger charge is 2.26. The third kappa shape index (κ3) is 4.97. The van der Waals surface area contributed by atoms with E-state index in [1.165, 1.54) is 0 Å². The van der Waals surface area contributed by atoms with Gasteiger partial charge in [0.2, 0.25) is 5.91 Å². The topological polar surface area (TPSA) is 49.3 Å². The fourth-order valence-electron chi connectivity index (χ4n) is 1.74. The number of hydrogen-bond donors (Lipinski definition) is 2. The van der Waals surface area contributed by atoms with E-state index in [9.17, 15) is 9.90 Å². The average molecular weight is 229 g/mol. The minimum absolute atomic E-state index is 0.000208. The van der Waals surface area contributed by atoms with Gasteiger partial charge in [-0.25, -0.2) is 0 Å². The number of carbonyl (C=O) groups is 1. The number of nitrogens with one attached hydrogen (secondary N) is 1. The molecule has 0 heterocycles. The van der Waals surface area contributed by atoms with Crippen molar-refractivity contribution < 1.29 is 9.90 Å². The fraction of sp³-hybridized carbons (Fsp3) is 0.923. The second-order valence-electron chi connectivity index (χ2n) is 4.84. The van der Waals surface area contributed by atoms with Crippen LogP contribution in [0.15, 0.2) is 0 Å². The van der Waals surface area contributed by atoms with Gasteiger partial charge in [-0.2, -0.15) is 0 Å². The van der Waals surface area contributed by atoms with Gasteiger partial charge in [0.05, 0.1) is 12.1 Å². The molecule has 1 unspecified atom stereocenters. The summed E-state index contributed by atoms with van der Waals surface area (Å²) in [6.07, 6.45) is 4.68. The maximum Gasteiger partial charge on any atom is 0.223 e. The minimum atomic E-state index is -0.461. The molecule has 3 nitrogen and oxygen atoms in total. The molecule has 0 aliphatic carbocycles. The Hall–Kier alpha value is -0.570. The van der Waals surface area contributed by atoms with Crippen LogP contribution in [0.2, 0.25) is 0 Å². The molecule has 16 heavy (non-hydrogen) atoms. The van der Waals surface area contributed by atoms with Gasteiger partial charge in [0.15, 0.2) is 0 Å². The van der Waals surface area contributed by atoms with E-state index in [4.69, 9.17) is 0 Å². The molecule has 0 aromatic heterocycles. The van der Waals surface area contributed by atoms with Gasteiger partial charge >= 0.3 is 0 Å². The third-order valence-electron chi connectivity index (χ3n) is 3.20. The van der Waals surface area contributed by atoms with E-state index in [0.29, 0.717) is 0 Å². The Balaban J connectivity index is 4.38. The van der Waals surface area contributed by atoms with Crippen LogP contribution in [0.5, 0.6) is 0 Å². The van der Waals surface area contributed by atoms with Crippen LogP contribution in [0, 0.1) is 5.92 Å². The summed E-state index contributed by atoms with van der Waals surface area (Å²) in [5.74, 6) is 0.203. The first-order chi connectivity index (χ1) is 7.52. The molecule has 0 saturated heterocycles. The summed E-state index contributed by atoms with van der Waals surface area (Å²) in [4.78, 5) is 12.0. The molecular weight excluding hydrogens is 202 g/mol. The highest BCUT2D eigenvalue weighted by atomic mass is 16.3. The molecule has 0 aromatic carbocycles. The van der Waals surface area contributed by atoms with Crippen molar-refractivity contribution in [1.29, 1.82) is 0 Å². The predicted molar refractivity (Wildman–Crippen MR) is 67.2 cm³/mol. The highest BCUT2D eigenvalue weighted by Crippen LogP contribution is 2.16. The summed E-state index contributed by atoms with van der Waals surface area (Å²) >= 11 is 0. The van der Waals surface area contributed by atoms with Crippen LogP contribution in [-0.4, -0.2) is 23.2 Å². The monoisotopic (exact) mass is 229 g/mol. The molecule has 1 atom stereocenters. The second-order valence-corrected chi connectivity index (χ2v) is 4.84. The van der Waals surface area contributed by atoms with Gasteiger partial charge in [0, 0.05) is 5.92 Å². The summed E-state index contributed by atoms with van der Waals surface area (Å²) in [7, 11) is 0. The van der Waals surface area contributed by atoms with Crippen molar-refractivity contribution in [3.63, 3.8) is 0 Å². The van der Waals surface area contributed by atoms with E-state index >= 15 is 0 Å². The summed E-state index contributed by atoms with van der Waals surface area (Å²) in [5, 5.41) is 12.2. The second kappa shape index (κ2) is 7.66. The Morgan fingerprint density at radius 2 is 1.75 bits per heavy atom. The van der Waals surface area contributed by atoms with E-state index in [2.05, 4.69) is 19.2 Å². The lowest BCUT2D eigenvalue weighted by atomic mass is 9.94. The number of amides is 1. The molecule has 0 saturated carbocycles. The van der Waals surface area contributed by atoms with Crippen molar-refractivity contribution in [2.24, 2.45) is 5.92 Å². The molecule has 0 bridgehead atoms. The van der Waals surface area contributed by atoms with Crippen LogP contribution in [0.3, 0.4) is 0 Å². The fourth-order valence-corrected chi connectivity index (χ4v) is 1.74. The average Bonchev–Trinajstić information content (AvgIpc) is 2.28. The lowest BCUT2D eigenvalue weighted by Crippen LogP contribution is -2.50. The number of hydrogen-bond acceptors (Lipinski definition) is 2. The molecule has 1 amide bonds. The Morgan fingerprint density at radius 1 is 1.25 bits per heavy atom. The van der Waals surface area contributed by atoms with Gasteiger partial charge in [-0.1, -0.05) is 33.6 Å². The maximum absolute atomic E-state index is 12.0. The molecule has 96 valence electrons. The first kappa shape index (κ1) is 15.4. The summed E-state index contributed by atoms with van der Waals surface area (Å²) < 4.78 is 0. The maximum atomic E-state index is 12.0. The Morgan fingerprint density at radius 3 is 2.06 bits per heavy atom.